The molecule has 1 heterocycles. The zero-order valence-corrected chi connectivity index (χ0v) is 19.3. The van der Waals surface area contributed by atoms with E-state index in [1.807, 2.05) is 0 Å². The fourth-order valence-electron chi connectivity index (χ4n) is 3.34. The number of aryl methyl sites for hydroxylation is 2. The van der Waals surface area contributed by atoms with Crippen LogP contribution in [0.25, 0.3) is 0 Å². The Hall–Kier alpha value is -4.14. The molecule has 3 rings (SSSR count). The lowest BCUT2D eigenvalue weighted by atomic mass is 10.0. The molecular weight excluding hydrogens is 439 g/mol. The van der Waals surface area contributed by atoms with Crippen molar-refractivity contribution in [1.82, 2.24) is 20.6 Å². The van der Waals surface area contributed by atoms with Gasteiger partial charge in [0.25, 0.3) is 11.8 Å². The van der Waals surface area contributed by atoms with E-state index >= 15 is 0 Å². The van der Waals surface area contributed by atoms with Gasteiger partial charge < -0.3 is 15.4 Å². The second-order valence-corrected chi connectivity index (χ2v) is 7.82. The Morgan fingerprint density at radius 2 is 1.68 bits per heavy atom. The Labute approximate surface area is 196 Å². The minimum Gasteiger partial charge on any atom is -0.465 e. The summed E-state index contributed by atoms with van der Waals surface area (Å²) in [5.74, 6) is -1.71. The predicted molar refractivity (Wildman–Crippen MR) is 123 cm³/mol. The van der Waals surface area contributed by atoms with Crippen LogP contribution in [0.1, 0.15) is 66.6 Å². The molecular formula is C25H25FN4O4. The van der Waals surface area contributed by atoms with Gasteiger partial charge in [-0.25, -0.2) is 19.2 Å². The van der Waals surface area contributed by atoms with E-state index in [0.717, 1.165) is 23.0 Å². The van der Waals surface area contributed by atoms with E-state index in [-0.39, 0.29) is 29.8 Å². The lowest BCUT2D eigenvalue weighted by Gasteiger charge is -2.16. The van der Waals surface area contributed by atoms with E-state index < -0.39 is 17.8 Å². The van der Waals surface area contributed by atoms with Gasteiger partial charge in [0.05, 0.1) is 18.7 Å². The van der Waals surface area contributed by atoms with Crippen molar-refractivity contribution < 1.29 is 23.5 Å². The third-order valence-corrected chi connectivity index (χ3v) is 5.31. The van der Waals surface area contributed by atoms with Crippen LogP contribution in [0, 0.1) is 19.7 Å². The summed E-state index contributed by atoms with van der Waals surface area (Å²) in [6.45, 7) is 5.41. The molecule has 1 atom stereocenters. The molecule has 2 N–H and O–H groups in total. The first-order valence-corrected chi connectivity index (χ1v) is 10.5. The zero-order valence-electron chi connectivity index (χ0n) is 19.3. The third kappa shape index (κ3) is 5.80. The topological polar surface area (TPSA) is 110 Å². The van der Waals surface area contributed by atoms with Gasteiger partial charge in [0.2, 0.25) is 0 Å². The second-order valence-electron chi connectivity index (χ2n) is 7.82. The first-order chi connectivity index (χ1) is 16.2. The standard InChI is InChI=1S/C25H25FN4O4/c1-14-10-18(6-7-19(14)25(33)34-4)16(3)30-24(32)22-11-21(28-13-29-22)23(31)27-12-17-5-8-20(26)15(2)9-17/h5-11,13,16H,12H2,1-4H3,(H,27,31)(H,30,32)/t16-/m0/s1. The number of ether oxygens (including phenoxy) is 1. The molecule has 0 bridgehead atoms. The van der Waals surface area contributed by atoms with Crippen molar-refractivity contribution in [3.05, 3.63) is 93.8 Å². The minimum absolute atomic E-state index is 0.0323. The number of amides is 2. The van der Waals surface area contributed by atoms with E-state index in [9.17, 15) is 18.8 Å². The average Bonchev–Trinajstić information content (AvgIpc) is 2.84. The molecule has 0 saturated carbocycles. The van der Waals surface area contributed by atoms with Gasteiger partial charge >= 0.3 is 5.97 Å². The molecule has 0 saturated heterocycles. The third-order valence-electron chi connectivity index (χ3n) is 5.31. The Kier molecular flexibility index (Phi) is 7.68. The maximum Gasteiger partial charge on any atom is 0.338 e. The molecule has 0 spiro atoms. The monoisotopic (exact) mass is 464 g/mol. The molecule has 3 aromatic rings. The number of nitrogens with zero attached hydrogens (tertiary/aromatic N) is 2. The molecule has 0 aliphatic heterocycles. The lowest BCUT2D eigenvalue weighted by molar-refractivity contribution is 0.0599. The quantitative estimate of drug-likeness (QED) is 0.519. The highest BCUT2D eigenvalue weighted by molar-refractivity contribution is 5.97. The van der Waals surface area contributed by atoms with Gasteiger partial charge in [-0.15, -0.1) is 0 Å². The van der Waals surface area contributed by atoms with Crippen molar-refractivity contribution in [3.63, 3.8) is 0 Å². The maximum absolute atomic E-state index is 13.4. The molecule has 0 aliphatic rings. The normalized spacial score (nSPS) is 11.4. The summed E-state index contributed by atoms with van der Waals surface area (Å²) >= 11 is 0. The molecule has 2 amide bonds. The van der Waals surface area contributed by atoms with Crippen LogP contribution in [-0.2, 0) is 11.3 Å². The molecule has 0 unspecified atom stereocenters. The van der Waals surface area contributed by atoms with Crippen LogP contribution in [-0.4, -0.2) is 34.9 Å². The summed E-state index contributed by atoms with van der Waals surface area (Å²) < 4.78 is 18.2. The summed E-state index contributed by atoms with van der Waals surface area (Å²) in [5.41, 5.74) is 3.26. The van der Waals surface area contributed by atoms with E-state index in [1.54, 1.807) is 51.1 Å². The number of halogens is 1. The molecule has 176 valence electrons. The van der Waals surface area contributed by atoms with Crippen molar-refractivity contribution in [2.24, 2.45) is 0 Å². The van der Waals surface area contributed by atoms with Gasteiger partial charge in [-0.1, -0.05) is 24.3 Å². The number of rotatable bonds is 7. The number of carbonyl (C=O) groups is 3. The van der Waals surface area contributed by atoms with Gasteiger partial charge in [0, 0.05) is 12.6 Å². The van der Waals surface area contributed by atoms with Crippen molar-refractivity contribution in [3.8, 4) is 0 Å². The highest BCUT2D eigenvalue weighted by atomic mass is 19.1. The SMILES string of the molecule is COC(=O)c1ccc([C@H](C)NC(=O)c2cc(C(=O)NCc3ccc(F)c(C)c3)ncn2)cc1C. The highest BCUT2D eigenvalue weighted by Crippen LogP contribution is 2.18. The number of benzene rings is 2. The first-order valence-electron chi connectivity index (χ1n) is 10.5. The minimum atomic E-state index is -0.486. The molecule has 2 aromatic carbocycles. The first kappa shape index (κ1) is 24.5. The van der Waals surface area contributed by atoms with Gasteiger partial charge in [0.15, 0.2) is 0 Å². The average molecular weight is 464 g/mol. The van der Waals surface area contributed by atoms with Crippen LogP contribution in [0.3, 0.4) is 0 Å². The van der Waals surface area contributed by atoms with E-state index in [0.29, 0.717) is 11.1 Å². The Bertz CT molecular complexity index is 1250. The van der Waals surface area contributed by atoms with E-state index in [4.69, 9.17) is 4.74 Å². The fourth-order valence-corrected chi connectivity index (χ4v) is 3.34. The largest absolute Gasteiger partial charge is 0.465 e. The Morgan fingerprint density at radius 3 is 2.32 bits per heavy atom. The van der Waals surface area contributed by atoms with Crippen LogP contribution in [0.2, 0.25) is 0 Å². The maximum atomic E-state index is 13.4. The van der Waals surface area contributed by atoms with Crippen LogP contribution in [0.4, 0.5) is 4.39 Å². The molecule has 9 heteroatoms. The predicted octanol–water partition coefficient (Wildman–Crippen LogP) is 3.44. The molecule has 0 fully saturated rings. The molecule has 34 heavy (non-hydrogen) atoms. The highest BCUT2D eigenvalue weighted by Gasteiger charge is 2.17. The molecule has 0 aliphatic carbocycles. The van der Waals surface area contributed by atoms with Crippen molar-refractivity contribution in [1.29, 1.82) is 0 Å². The van der Waals surface area contributed by atoms with Gasteiger partial charge in [0.1, 0.15) is 23.5 Å². The van der Waals surface area contributed by atoms with Crippen LogP contribution in [0.5, 0.6) is 0 Å². The number of hydrogen-bond acceptors (Lipinski definition) is 6. The van der Waals surface area contributed by atoms with Crippen molar-refractivity contribution in [2.75, 3.05) is 7.11 Å². The smallest absolute Gasteiger partial charge is 0.338 e. The molecule has 8 nitrogen and oxygen atoms in total. The summed E-state index contributed by atoms with van der Waals surface area (Å²) in [6, 6.07) is 10.7. The summed E-state index contributed by atoms with van der Waals surface area (Å²) in [6.07, 6.45) is 1.14. The molecule has 0 radical (unpaired) electrons. The number of aromatic nitrogens is 2. The van der Waals surface area contributed by atoms with Gasteiger partial charge in [-0.3, -0.25) is 9.59 Å². The van der Waals surface area contributed by atoms with Gasteiger partial charge in [-0.2, -0.15) is 0 Å². The number of carbonyl (C=O) groups excluding carboxylic acids is 3. The lowest BCUT2D eigenvalue weighted by Crippen LogP contribution is -2.29. The Balaban J connectivity index is 1.65. The number of nitrogens with one attached hydrogen (secondary N) is 2. The zero-order chi connectivity index (χ0) is 24.8. The van der Waals surface area contributed by atoms with Crippen LogP contribution >= 0.6 is 0 Å². The molecule has 1 aromatic heterocycles. The number of hydrogen-bond donors (Lipinski definition) is 2. The second kappa shape index (κ2) is 10.7. The van der Waals surface area contributed by atoms with E-state index in [1.165, 1.54) is 19.2 Å². The van der Waals surface area contributed by atoms with Gasteiger partial charge in [-0.05, 0) is 55.2 Å². The van der Waals surface area contributed by atoms with Crippen molar-refractivity contribution in [2.45, 2.75) is 33.4 Å². The Morgan fingerprint density at radius 1 is 0.971 bits per heavy atom. The summed E-state index contributed by atoms with van der Waals surface area (Å²) in [5, 5.41) is 5.52. The summed E-state index contributed by atoms with van der Waals surface area (Å²) in [7, 11) is 1.32. The summed E-state index contributed by atoms with van der Waals surface area (Å²) in [4.78, 5) is 44.9. The number of esters is 1. The van der Waals surface area contributed by atoms with Crippen molar-refractivity contribution >= 4 is 17.8 Å². The van der Waals surface area contributed by atoms with Crippen LogP contribution < -0.4 is 10.6 Å². The fraction of sp³-hybridized carbons (Fsp3) is 0.240. The van der Waals surface area contributed by atoms with Crippen LogP contribution in [0.15, 0.2) is 48.8 Å². The van der Waals surface area contributed by atoms with E-state index in [2.05, 4.69) is 20.6 Å². The number of methoxy groups -OCH3 is 1.